The highest BCUT2D eigenvalue weighted by atomic mass is 16.5. The highest BCUT2D eigenvalue weighted by Crippen LogP contribution is 2.55. The van der Waals surface area contributed by atoms with Gasteiger partial charge in [-0.15, -0.1) is 0 Å². The first kappa shape index (κ1) is 15.7. The lowest BCUT2D eigenvalue weighted by molar-refractivity contribution is 0.00122. The van der Waals surface area contributed by atoms with Gasteiger partial charge in [-0.3, -0.25) is 0 Å². The highest BCUT2D eigenvalue weighted by molar-refractivity contribution is 5.88. The summed E-state index contributed by atoms with van der Waals surface area (Å²) in [6.45, 7) is 1.55. The molecule has 0 unspecified atom stereocenters. The molecule has 2 fully saturated rings. The number of benzene rings is 2. The molecule has 0 aliphatic heterocycles. The molecule has 0 aromatic heterocycles. The van der Waals surface area contributed by atoms with Crippen molar-refractivity contribution in [3.63, 3.8) is 0 Å². The van der Waals surface area contributed by atoms with Crippen LogP contribution in [-0.2, 0) is 4.74 Å². The number of hydrogen-bond donors (Lipinski definition) is 3. The van der Waals surface area contributed by atoms with E-state index in [9.17, 15) is 0 Å². The molecule has 0 radical (unpaired) electrons. The third-order valence-corrected chi connectivity index (χ3v) is 5.60. The quantitative estimate of drug-likeness (QED) is 0.711. The minimum Gasteiger partial charge on any atom is -0.383 e. The van der Waals surface area contributed by atoms with Gasteiger partial charge >= 0.3 is 0 Å². The van der Waals surface area contributed by atoms with Crippen LogP contribution in [0, 0.1) is 5.41 Å². The second-order valence-electron chi connectivity index (χ2n) is 7.61. The van der Waals surface area contributed by atoms with E-state index in [0.717, 1.165) is 12.2 Å². The van der Waals surface area contributed by atoms with Gasteiger partial charge in [0, 0.05) is 37.1 Å². The van der Waals surface area contributed by atoms with Crippen LogP contribution in [0.4, 0.5) is 11.4 Å². The summed E-state index contributed by atoms with van der Waals surface area (Å²) >= 11 is 0. The molecule has 0 bridgehead atoms. The number of anilines is 2. The van der Waals surface area contributed by atoms with E-state index in [4.69, 9.17) is 10.5 Å². The van der Waals surface area contributed by atoms with E-state index in [1.807, 2.05) is 0 Å². The van der Waals surface area contributed by atoms with Gasteiger partial charge in [-0.2, -0.15) is 0 Å². The Labute approximate surface area is 143 Å². The number of fused-ring (bicyclic) bond motifs is 1. The van der Waals surface area contributed by atoms with Crippen LogP contribution in [0.25, 0.3) is 10.8 Å². The van der Waals surface area contributed by atoms with Gasteiger partial charge in [-0.05, 0) is 66.1 Å². The van der Waals surface area contributed by atoms with Crippen molar-refractivity contribution in [2.24, 2.45) is 11.1 Å². The van der Waals surface area contributed by atoms with E-state index in [1.165, 1.54) is 42.1 Å². The van der Waals surface area contributed by atoms with Gasteiger partial charge in [0.2, 0.25) is 0 Å². The van der Waals surface area contributed by atoms with Crippen molar-refractivity contribution >= 4 is 22.1 Å². The Morgan fingerprint density at radius 3 is 2.38 bits per heavy atom. The lowest BCUT2D eigenvalue weighted by atomic mass is 9.52. The molecule has 2 aliphatic rings. The predicted molar refractivity (Wildman–Crippen MR) is 101 cm³/mol. The molecule has 4 N–H and O–H groups in total. The molecule has 2 aromatic rings. The summed E-state index contributed by atoms with van der Waals surface area (Å²) < 4.78 is 5.07. The van der Waals surface area contributed by atoms with Gasteiger partial charge in [-0.25, -0.2) is 0 Å². The first-order chi connectivity index (χ1) is 11.7. The van der Waals surface area contributed by atoms with E-state index in [0.29, 0.717) is 24.1 Å². The van der Waals surface area contributed by atoms with Crippen LogP contribution in [0.1, 0.15) is 25.7 Å². The maximum atomic E-state index is 5.94. The summed E-state index contributed by atoms with van der Waals surface area (Å²) in [6, 6.07) is 14.2. The number of ether oxygens (including phenoxy) is 1. The molecule has 4 nitrogen and oxygen atoms in total. The molecule has 2 aliphatic carbocycles. The van der Waals surface area contributed by atoms with Gasteiger partial charge < -0.3 is 21.1 Å². The Kier molecular flexibility index (Phi) is 4.10. The lowest BCUT2D eigenvalue weighted by Gasteiger charge is -2.57. The van der Waals surface area contributed by atoms with Gasteiger partial charge in [0.05, 0.1) is 6.61 Å². The van der Waals surface area contributed by atoms with E-state index in [2.05, 4.69) is 47.0 Å². The van der Waals surface area contributed by atoms with E-state index < -0.39 is 0 Å². The van der Waals surface area contributed by atoms with Crippen molar-refractivity contribution in [3.8, 4) is 0 Å². The molecule has 128 valence electrons. The van der Waals surface area contributed by atoms with Crippen LogP contribution in [0.2, 0.25) is 0 Å². The average molecular weight is 325 g/mol. The normalized spacial score (nSPS) is 28.4. The Hall–Kier alpha value is -1.78. The third kappa shape index (κ3) is 3.08. The molecule has 2 aromatic carbocycles. The molecule has 0 amide bonds. The van der Waals surface area contributed by atoms with Crippen LogP contribution < -0.4 is 16.4 Å². The fourth-order valence-electron chi connectivity index (χ4n) is 4.45. The Morgan fingerprint density at radius 1 is 1.04 bits per heavy atom. The fraction of sp³-hybridized carbons (Fsp3) is 0.500. The molecule has 1 spiro atoms. The Balaban J connectivity index is 1.38. The zero-order valence-electron chi connectivity index (χ0n) is 14.3. The van der Waals surface area contributed by atoms with Crippen molar-refractivity contribution in [1.29, 1.82) is 0 Å². The van der Waals surface area contributed by atoms with Crippen LogP contribution in [0.15, 0.2) is 36.4 Å². The van der Waals surface area contributed by atoms with Crippen molar-refractivity contribution < 1.29 is 4.74 Å². The van der Waals surface area contributed by atoms with E-state index >= 15 is 0 Å². The maximum Gasteiger partial charge on any atom is 0.0635 e. The third-order valence-electron chi connectivity index (χ3n) is 5.60. The average Bonchev–Trinajstić information content (AvgIpc) is 2.52. The first-order valence-electron chi connectivity index (χ1n) is 8.95. The standard InChI is InChI=1S/C20H27N3O/c1-24-7-6-22-17-4-2-15-9-18(5-3-14(15)8-17)23-19-12-20(13-19)10-16(21)11-20/h2-5,8-9,16,19,22-23H,6-7,10-13,21H2,1H3. The Bertz CT molecular complexity index is 716. The summed E-state index contributed by atoms with van der Waals surface area (Å²) in [4.78, 5) is 0. The molecule has 0 heterocycles. The van der Waals surface area contributed by atoms with Gasteiger partial charge in [-0.1, -0.05) is 12.1 Å². The molecule has 0 atom stereocenters. The topological polar surface area (TPSA) is 59.3 Å². The highest BCUT2D eigenvalue weighted by Gasteiger charge is 2.51. The summed E-state index contributed by atoms with van der Waals surface area (Å²) in [5, 5.41) is 9.61. The zero-order valence-corrected chi connectivity index (χ0v) is 14.3. The molecule has 4 rings (SSSR count). The second kappa shape index (κ2) is 6.26. The van der Waals surface area contributed by atoms with E-state index in [1.54, 1.807) is 7.11 Å². The van der Waals surface area contributed by atoms with E-state index in [-0.39, 0.29) is 0 Å². The van der Waals surface area contributed by atoms with Crippen LogP contribution in [0.3, 0.4) is 0 Å². The number of hydrogen-bond acceptors (Lipinski definition) is 4. The zero-order chi connectivity index (χ0) is 16.6. The molecule has 4 heteroatoms. The minimum absolute atomic E-state index is 0.457. The smallest absolute Gasteiger partial charge is 0.0635 e. The van der Waals surface area contributed by atoms with Gasteiger partial charge in [0.1, 0.15) is 0 Å². The van der Waals surface area contributed by atoms with Crippen LogP contribution in [0.5, 0.6) is 0 Å². The van der Waals surface area contributed by atoms with Crippen molar-refractivity contribution in [2.75, 3.05) is 30.9 Å². The largest absolute Gasteiger partial charge is 0.383 e. The monoisotopic (exact) mass is 325 g/mol. The minimum atomic E-state index is 0.457. The summed E-state index contributed by atoms with van der Waals surface area (Å²) in [5.74, 6) is 0. The van der Waals surface area contributed by atoms with Crippen molar-refractivity contribution in [1.82, 2.24) is 0 Å². The summed E-state index contributed by atoms with van der Waals surface area (Å²) in [7, 11) is 1.72. The molecule has 24 heavy (non-hydrogen) atoms. The predicted octanol–water partition coefficient (Wildman–Crippen LogP) is 3.58. The molecular formula is C20H27N3O. The summed E-state index contributed by atoms with van der Waals surface area (Å²) in [5.41, 5.74) is 8.89. The van der Waals surface area contributed by atoms with Crippen molar-refractivity contribution in [3.05, 3.63) is 36.4 Å². The molecule has 2 saturated carbocycles. The Morgan fingerprint density at radius 2 is 1.71 bits per heavy atom. The lowest BCUT2D eigenvalue weighted by Crippen LogP contribution is -2.57. The van der Waals surface area contributed by atoms with Crippen LogP contribution in [-0.4, -0.2) is 32.3 Å². The number of nitrogens with two attached hydrogens (primary N) is 1. The van der Waals surface area contributed by atoms with Crippen LogP contribution >= 0.6 is 0 Å². The van der Waals surface area contributed by atoms with Gasteiger partial charge in [0.15, 0.2) is 0 Å². The number of nitrogens with one attached hydrogen (secondary N) is 2. The first-order valence-corrected chi connectivity index (χ1v) is 8.95. The number of rotatable bonds is 6. The molecule has 0 saturated heterocycles. The fourth-order valence-corrected chi connectivity index (χ4v) is 4.45. The van der Waals surface area contributed by atoms with Crippen molar-refractivity contribution in [2.45, 2.75) is 37.8 Å². The maximum absolute atomic E-state index is 5.94. The number of methoxy groups -OCH3 is 1. The second-order valence-corrected chi connectivity index (χ2v) is 7.61. The SMILES string of the molecule is COCCNc1ccc2cc(NC3CC4(CC(N)C4)C3)ccc2c1. The van der Waals surface area contributed by atoms with Gasteiger partial charge in [0.25, 0.3) is 0 Å². The molecular weight excluding hydrogens is 298 g/mol. The summed E-state index contributed by atoms with van der Waals surface area (Å²) in [6.07, 6.45) is 5.01.